The summed E-state index contributed by atoms with van der Waals surface area (Å²) in [5, 5.41) is 7.57. The normalized spacial score (nSPS) is 17.9. The summed E-state index contributed by atoms with van der Waals surface area (Å²) < 4.78 is 40.6. The first-order valence-corrected chi connectivity index (χ1v) is 13.6. The molecule has 2 aliphatic carbocycles. The molecule has 2 aliphatic rings. The van der Waals surface area contributed by atoms with Gasteiger partial charge in [0, 0.05) is 29.1 Å². The van der Waals surface area contributed by atoms with Crippen molar-refractivity contribution in [3.8, 4) is 10.6 Å². The van der Waals surface area contributed by atoms with E-state index in [-0.39, 0.29) is 16.9 Å². The lowest BCUT2D eigenvalue weighted by Gasteiger charge is -2.29. The van der Waals surface area contributed by atoms with Gasteiger partial charge in [-0.15, -0.1) is 23.1 Å². The van der Waals surface area contributed by atoms with Crippen molar-refractivity contribution in [2.75, 3.05) is 5.32 Å². The molecule has 1 saturated carbocycles. The standard InChI is InChI=1S/C26H26F3N3O2S2/c1-25(2)13-18-21(20(33)14-25)23(35-17-5-3-4-6-17)36-22(18)19-11-12-32(31-19)24(34)30-16-9-7-15(8-10-16)26(27,28)29/h7-12,17H,3-6,13-14H2,1-2H3,(H,30,34). The van der Waals surface area contributed by atoms with Gasteiger partial charge in [-0.2, -0.15) is 23.0 Å². The lowest BCUT2D eigenvalue weighted by Crippen LogP contribution is -2.26. The van der Waals surface area contributed by atoms with Crippen LogP contribution in [0.3, 0.4) is 0 Å². The van der Waals surface area contributed by atoms with E-state index in [0.717, 1.165) is 56.3 Å². The topological polar surface area (TPSA) is 64.0 Å². The molecule has 0 atom stereocenters. The van der Waals surface area contributed by atoms with Gasteiger partial charge < -0.3 is 5.32 Å². The van der Waals surface area contributed by atoms with Crippen LogP contribution in [-0.2, 0) is 12.6 Å². The van der Waals surface area contributed by atoms with Crippen LogP contribution in [-0.4, -0.2) is 26.8 Å². The van der Waals surface area contributed by atoms with E-state index in [1.54, 1.807) is 29.2 Å². The van der Waals surface area contributed by atoms with Gasteiger partial charge in [0.05, 0.1) is 14.6 Å². The summed E-state index contributed by atoms with van der Waals surface area (Å²) in [6.45, 7) is 4.18. The number of rotatable bonds is 4. The van der Waals surface area contributed by atoms with E-state index in [4.69, 9.17) is 0 Å². The van der Waals surface area contributed by atoms with Gasteiger partial charge in [-0.1, -0.05) is 26.7 Å². The molecule has 10 heteroatoms. The summed E-state index contributed by atoms with van der Waals surface area (Å²) in [5.74, 6) is 0.170. The minimum Gasteiger partial charge on any atom is -0.306 e. The molecule has 0 aliphatic heterocycles. The molecule has 0 saturated heterocycles. The van der Waals surface area contributed by atoms with Crippen molar-refractivity contribution in [2.24, 2.45) is 5.41 Å². The molecule has 36 heavy (non-hydrogen) atoms. The lowest BCUT2D eigenvalue weighted by molar-refractivity contribution is -0.137. The Labute approximate surface area is 215 Å². The Morgan fingerprint density at radius 3 is 2.50 bits per heavy atom. The second-order valence-electron chi connectivity index (χ2n) is 10.2. The summed E-state index contributed by atoms with van der Waals surface area (Å²) >= 11 is 3.39. The van der Waals surface area contributed by atoms with Crippen LogP contribution in [0, 0.1) is 5.41 Å². The number of thiophene rings is 1. The highest BCUT2D eigenvalue weighted by molar-refractivity contribution is 8.01. The number of thioether (sulfide) groups is 1. The molecule has 2 aromatic heterocycles. The summed E-state index contributed by atoms with van der Waals surface area (Å²) in [4.78, 5) is 26.8. The van der Waals surface area contributed by atoms with Crippen LogP contribution >= 0.6 is 23.1 Å². The molecule has 0 bridgehead atoms. The van der Waals surface area contributed by atoms with Crippen LogP contribution in [0.1, 0.15) is 67.4 Å². The van der Waals surface area contributed by atoms with Crippen LogP contribution in [0.25, 0.3) is 10.6 Å². The number of fused-ring (bicyclic) bond motifs is 1. The number of carbonyl (C=O) groups excluding carboxylic acids is 2. The summed E-state index contributed by atoms with van der Waals surface area (Å²) in [7, 11) is 0. The highest BCUT2D eigenvalue weighted by Crippen LogP contribution is 2.50. The zero-order valence-electron chi connectivity index (χ0n) is 19.9. The van der Waals surface area contributed by atoms with Gasteiger partial charge in [0.2, 0.25) is 0 Å². The molecule has 5 rings (SSSR count). The van der Waals surface area contributed by atoms with Gasteiger partial charge in [-0.05, 0) is 60.6 Å². The van der Waals surface area contributed by atoms with Crippen LogP contribution in [0.5, 0.6) is 0 Å². The molecule has 190 valence electrons. The van der Waals surface area contributed by atoms with Crippen molar-refractivity contribution in [3.63, 3.8) is 0 Å². The molecule has 3 aromatic rings. The maximum atomic E-state index is 13.2. The molecular formula is C26H26F3N3O2S2. The van der Waals surface area contributed by atoms with Crippen LogP contribution in [0.2, 0.25) is 0 Å². The average Bonchev–Trinajstić information content (AvgIpc) is 3.53. The maximum Gasteiger partial charge on any atom is 0.416 e. The van der Waals surface area contributed by atoms with Gasteiger partial charge in [0.15, 0.2) is 5.78 Å². The van der Waals surface area contributed by atoms with Crippen molar-refractivity contribution >= 4 is 40.6 Å². The molecule has 2 heterocycles. The number of hydrogen-bond donors (Lipinski definition) is 1. The first kappa shape index (κ1) is 25.1. The van der Waals surface area contributed by atoms with E-state index < -0.39 is 17.8 Å². The van der Waals surface area contributed by atoms with E-state index in [1.165, 1.54) is 31.2 Å². The minimum absolute atomic E-state index is 0.155. The smallest absolute Gasteiger partial charge is 0.306 e. The molecule has 0 spiro atoms. The third-order valence-electron chi connectivity index (χ3n) is 6.62. The Bertz CT molecular complexity index is 1300. The van der Waals surface area contributed by atoms with E-state index in [0.29, 0.717) is 17.4 Å². The first-order valence-electron chi connectivity index (χ1n) is 11.9. The van der Waals surface area contributed by atoms with Crippen molar-refractivity contribution in [1.29, 1.82) is 0 Å². The van der Waals surface area contributed by atoms with Crippen molar-refractivity contribution in [3.05, 3.63) is 53.2 Å². The minimum atomic E-state index is -4.44. The Morgan fingerprint density at radius 2 is 1.83 bits per heavy atom. The Hall–Kier alpha value is -2.59. The highest BCUT2D eigenvalue weighted by atomic mass is 32.2. The number of benzene rings is 1. The number of nitrogens with zero attached hydrogens (tertiary/aromatic N) is 2. The predicted octanol–water partition coefficient (Wildman–Crippen LogP) is 7.90. The number of amides is 1. The van der Waals surface area contributed by atoms with Crippen LogP contribution < -0.4 is 5.32 Å². The van der Waals surface area contributed by atoms with Gasteiger partial charge in [-0.25, -0.2) is 4.79 Å². The number of halogens is 3. The third-order valence-corrected chi connectivity index (χ3v) is 9.43. The lowest BCUT2D eigenvalue weighted by atomic mass is 9.74. The zero-order valence-corrected chi connectivity index (χ0v) is 21.6. The number of alkyl halides is 3. The van der Waals surface area contributed by atoms with Crippen LogP contribution in [0.15, 0.2) is 40.7 Å². The largest absolute Gasteiger partial charge is 0.416 e. The number of nitrogens with one attached hydrogen (secondary N) is 1. The number of Topliss-reactive ketones (excluding diaryl/α,β-unsaturated/α-hetero) is 1. The number of carbonyl (C=O) groups is 2. The average molecular weight is 534 g/mol. The Kier molecular flexibility index (Phi) is 6.53. The molecule has 0 radical (unpaired) electrons. The molecular weight excluding hydrogens is 507 g/mol. The van der Waals surface area contributed by atoms with Gasteiger partial charge >= 0.3 is 12.2 Å². The number of hydrogen-bond acceptors (Lipinski definition) is 5. The molecule has 1 fully saturated rings. The fourth-order valence-corrected chi connectivity index (χ4v) is 8.00. The predicted molar refractivity (Wildman–Crippen MR) is 136 cm³/mol. The molecule has 1 N–H and O–H groups in total. The number of ketones is 1. The summed E-state index contributed by atoms with van der Waals surface area (Å²) in [5.41, 5.74) is 1.75. The van der Waals surface area contributed by atoms with Gasteiger partial charge in [0.1, 0.15) is 5.69 Å². The Morgan fingerprint density at radius 1 is 1.14 bits per heavy atom. The van der Waals surface area contributed by atoms with E-state index >= 15 is 0 Å². The maximum absolute atomic E-state index is 13.2. The van der Waals surface area contributed by atoms with Crippen molar-refractivity contribution in [2.45, 2.75) is 68.0 Å². The molecule has 5 nitrogen and oxygen atoms in total. The third kappa shape index (κ3) is 5.11. The van der Waals surface area contributed by atoms with E-state index in [2.05, 4.69) is 24.3 Å². The molecule has 1 aromatic carbocycles. The quantitative estimate of drug-likeness (QED) is 0.370. The zero-order chi connectivity index (χ0) is 25.7. The second-order valence-corrected chi connectivity index (χ2v) is 12.8. The fraction of sp³-hybridized carbons (Fsp3) is 0.423. The monoisotopic (exact) mass is 533 g/mol. The van der Waals surface area contributed by atoms with E-state index in [1.807, 2.05) is 0 Å². The fourth-order valence-electron chi connectivity index (χ4n) is 4.89. The highest BCUT2D eigenvalue weighted by Gasteiger charge is 2.37. The molecule has 1 amide bonds. The van der Waals surface area contributed by atoms with E-state index in [9.17, 15) is 22.8 Å². The number of anilines is 1. The second kappa shape index (κ2) is 9.37. The Balaban J connectivity index is 1.41. The van der Waals surface area contributed by atoms with Gasteiger partial charge in [-0.3, -0.25) is 4.79 Å². The van der Waals surface area contributed by atoms with Gasteiger partial charge in [0.25, 0.3) is 0 Å². The first-order chi connectivity index (χ1) is 17.0. The SMILES string of the molecule is CC1(C)CC(=O)c2c(SC3CCCC3)sc(-c3ccn(C(=O)Nc4ccc(C(F)(F)F)cc4)n3)c2C1. The summed E-state index contributed by atoms with van der Waals surface area (Å²) in [6.07, 6.45) is 3.12. The van der Waals surface area contributed by atoms with Crippen molar-refractivity contribution in [1.82, 2.24) is 9.78 Å². The molecule has 0 unspecified atom stereocenters. The summed E-state index contributed by atoms with van der Waals surface area (Å²) in [6, 6.07) is 5.43. The number of aromatic nitrogens is 2. The van der Waals surface area contributed by atoms with Crippen molar-refractivity contribution < 1.29 is 22.8 Å². The van der Waals surface area contributed by atoms with Crippen LogP contribution in [0.4, 0.5) is 23.7 Å².